The molecule has 0 aliphatic rings. The van der Waals surface area contributed by atoms with Gasteiger partial charge >= 0.3 is 11.9 Å². The first-order valence-corrected chi connectivity index (χ1v) is 12.9. The van der Waals surface area contributed by atoms with Crippen LogP contribution in [0.1, 0.15) is 17.5 Å². The lowest BCUT2D eigenvalue weighted by atomic mass is 10.1. The van der Waals surface area contributed by atoms with Gasteiger partial charge in [0.2, 0.25) is 12.7 Å². The number of hydrogen-bond acceptors (Lipinski definition) is 8. The Morgan fingerprint density at radius 1 is 0.683 bits per heavy atom. The Balaban J connectivity index is 0.00000294. The molecule has 14 heteroatoms. The van der Waals surface area contributed by atoms with Crippen LogP contribution in [0.15, 0.2) is 69.5 Å². The summed E-state index contributed by atoms with van der Waals surface area (Å²) in [5.74, 6) is 1.38. The number of halogens is 2. The van der Waals surface area contributed by atoms with Crippen molar-refractivity contribution in [1.82, 2.24) is 19.6 Å². The quantitative estimate of drug-likeness (QED) is 0.159. The van der Waals surface area contributed by atoms with E-state index in [1.54, 1.807) is 22.0 Å². The standard InChI is InChI=1S/C27H38N12.2ClH/c1-20-16-22(10-12-24(20)30-32-26-36(5)18-28-38(26)7)34(3)14-9-15-35(4)23-11-13-25(21(2)17-23)31-33-27-37(6)19-29-39(27)8;;/h10-13,16-19H,9,14-15H2,1-8H3;2*1H/q+2;;/p-2. The molecule has 0 radical (unpaired) electrons. The second-order valence-electron chi connectivity index (χ2n) is 9.87. The van der Waals surface area contributed by atoms with Gasteiger partial charge in [-0.25, -0.2) is 9.13 Å². The van der Waals surface area contributed by atoms with Crippen LogP contribution in [0.25, 0.3) is 0 Å². The van der Waals surface area contributed by atoms with Crippen LogP contribution in [0.3, 0.4) is 0 Å². The topological polar surface area (TPSA) is 99.3 Å². The summed E-state index contributed by atoms with van der Waals surface area (Å²) >= 11 is 0. The molecule has 4 aromatic rings. The summed E-state index contributed by atoms with van der Waals surface area (Å²) < 4.78 is 7.07. The third-order valence-electron chi connectivity index (χ3n) is 6.73. The average molecular weight is 602 g/mol. The normalized spacial score (nSPS) is 11.1. The van der Waals surface area contributed by atoms with E-state index in [1.165, 1.54) is 0 Å². The second-order valence-corrected chi connectivity index (χ2v) is 9.87. The molecule has 2 aromatic carbocycles. The lowest BCUT2D eigenvalue weighted by Gasteiger charge is -2.24. The highest BCUT2D eigenvalue weighted by Crippen LogP contribution is 2.27. The molecule has 0 amide bonds. The fraction of sp³-hybridized carbons (Fsp3) is 0.407. The molecule has 2 aromatic heterocycles. The van der Waals surface area contributed by atoms with Gasteiger partial charge in [0.1, 0.15) is 11.4 Å². The van der Waals surface area contributed by atoms with Crippen molar-refractivity contribution in [2.45, 2.75) is 20.3 Å². The Morgan fingerprint density at radius 2 is 1.07 bits per heavy atom. The van der Waals surface area contributed by atoms with Crippen molar-refractivity contribution in [2.24, 2.45) is 48.6 Å². The second kappa shape index (κ2) is 14.6. The first-order chi connectivity index (χ1) is 18.6. The molecule has 41 heavy (non-hydrogen) atoms. The summed E-state index contributed by atoms with van der Waals surface area (Å²) in [6, 6.07) is 12.5. The minimum absolute atomic E-state index is 0. The van der Waals surface area contributed by atoms with E-state index < -0.39 is 0 Å². The van der Waals surface area contributed by atoms with Gasteiger partial charge < -0.3 is 34.6 Å². The van der Waals surface area contributed by atoms with Gasteiger partial charge in [0, 0.05) is 48.8 Å². The highest BCUT2D eigenvalue weighted by molar-refractivity contribution is 5.58. The van der Waals surface area contributed by atoms with Gasteiger partial charge in [-0.15, -0.1) is 9.36 Å². The van der Waals surface area contributed by atoms with E-state index in [4.69, 9.17) is 0 Å². The maximum Gasteiger partial charge on any atom is 0.403 e. The zero-order valence-corrected chi connectivity index (χ0v) is 26.4. The Morgan fingerprint density at radius 3 is 1.39 bits per heavy atom. The van der Waals surface area contributed by atoms with E-state index >= 15 is 0 Å². The summed E-state index contributed by atoms with van der Waals surface area (Å²) in [5, 5.41) is 26.0. The van der Waals surface area contributed by atoms with Crippen LogP contribution >= 0.6 is 0 Å². The van der Waals surface area contributed by atoms with E-state index in [1.807, 2.05) is 49.5 Å². The van der Waals surface area contributed by atoms with Crippen LogP contribution < -0.4 is 43.7 Å². The number of nitrogens with zero attached hydrogens (tertiary/aromatic N) is 12. The van der Waals surface area contributed by atoms with Gasteiger partial charge in [0.15, 0.2) is 0 Å². The van der Waals surface area contributed by atoms with Crippen molar-refractivity contribution in [3.05, 3.63) is 60.2 Å². The fourth-order valence-corrected chi connectivity index (χ4v) is 4.22. The molecule has 0 unspecified atom stereocenters. The predicted molar refractivity (Wildman–Crippen MR) is 151 cm³/mol. The maximum absolute atomic E-state index is 4.44. The largest absolute Gasteiger partial charge is 1.00 e. The molecule has 12 nitrogen and oxygen atoms in total. The Labute approximate surface area is 253 Å². The zero-order chi connectivity index (χ0) is 28.1. The number of rotatable bonds is 10. The van der Waals surface area contributed by atoms with E-state index in [0.29, 0.717) is 11.9 Å². The molecule has 0 fully saturated rings. The number of aryl methyl sites for hydroxylation is 6. The molecule has 0 N–H and O–H groups in total. The number of aromatic nitrogens is 6. The van der Waals surface area contributed by atoms with Crippen LogP contribution in [0.5, 0.6) is 0 Å². The molecular formula is C27H38Cl2N12. The van der Waals surface area contributed by atoms with E-state index in [2.05, 4.69) is 92.7 Å². The first-order valence-electron chi connectivity index (χ1n) is 12.9. The van der Waals surface area contributed by atoms with Gasteiger partial charge in [-0.05, 0) is 78.0 Å². The van der Waals surface area contributed by atoms with Gasteiger partial charge in [-0.3, -0.25) is 0 Å². The first kappa shape index (κ1) is 33.3. The van der Waals surface area contributed by atoms with Crippen molar-refractivity contribution in [3.63, 3.8) is 0 Å². The summed E-state index contributed by atoms with van der Waals surface area (Å²) in [6.07, 6.45) is 4.44. The van der Waals surface area contributed by atoms with Crippen molar-refractivity contribution in [1.29, 1.82) is 0 Å². The summed E-state index contributed by atoms with van der Waals surface area (Å²) in [7, 11) is 11.7. The molecule has 2 heterocycles. The highest BCUT2D eigenvalue weighted by atomic mass is 35.5. The molecule has 0 bridgehead atoms. The van der Waals surface area contributed by atoms with Gasteiger partial charge in [0.25, 0.3) is 0 Å². The Bertz CT molecular complexity index is 1360. The molecule has 0 spiro atoms. The molecular weight excluding hydrogens is 563 g/mol. The number of azo groups is 2. The summed E-state index contributed by atoms with van der Waals surface area (Å²) in [5.41, 5.74) is 6.17. The molecule has 0 aliphatic heterocycles. The highest BCUT2D eigenvalue weighted by Gasteiger charge is 2.14. The third-order valence-corrected chi connectivity index (χ3v) is 6.73. The Hall–Kier alpha value is -3.90. The maximum atomic E-state index is 4.44. The molecule has 0 atom stereocenters. The number of benzene rings is 2. The van der Waals surface area contributed by atoms with E-state index in [9.17, 15) is 0 Å². The SMILES string of the molecule is Cc1cc(N(C)CCCN(C)c2ccc(/N=N/c3n(C)nc[n+]3C)c(C)c2)ccc1/N=N/c1n(C)nc[n+]1C.[Cl-].[Cl-]. The lowest BCUT2D eigenvalue weighted by molar-refractivity contribution is -0.659. The van der Waals surface area contributed by atoms with Crippen molar-refractivity contribution in [3.8, 4) is 0 Å². The van der Waals surface area contributed by atoms with Crippen molar-refractivity contribution < 1.29 is 33.9 Å². The van der Waals surface area contributed by atoms with Crippen molar-refractivity contribution >= 4 is 34.6 Å². The summed E-state index contributed by atoms with van der Waals surface area (Å²) in [4.78, 5) is 4.55. The zero-order valence-electron chi connectivity index (χ0n) is 24.9. The van der Waals surface area contributed by atoms with E-state index in [0.717, 1.165) is 53.4 Å². The van der Waals surface area contributed by atoms with Gasteiger partial charge in [0.05, 0.1) is 28.2 Å². The minimum atomic E-state index is 0. The lowest BCUT2D eigenvalue weighted by Crippen LogP contribution is -3.00. The average Bonchev–Trinajstić information content (AvgIpc) is 3.41. The Kier molecular flexibility index (Phi) is 11.9. The van der Waals surface area contributed by atoms with Gasteiger partial charge in [-0.2, -0.15) is 0 Å². The van der Waals surface area contributed by atoms with E-state index in [-0.39, 0.29) is 24.8 Å². The van der Waals surface area contributed by atoms with Crippen LogP contribution in [-0.2, 0) is 28.2 Å². The molecule has 0 saturated carbocycles. The van der Waals surface area contributed by atoms with Crippen LogP contribution in [0, 0.1) is 13.8 Å². The summed E-state index contributed by atoms with van der Waals surface area (Å²) in [6.45, 7) is 5.99. The van der Waals surface area contributed by atoms with Crippen LogP contribution in [-0.4, -0.2) is 46.7 Å². The monoisotopic (exact) mass is 600 g/mol. The van der Waals surface area contributed by atoms with Crippen LogP contribution in [0.4, 0.5) is 34.6 Å². The number of hydrogen-bond donors (Lipinski definition) is 0. The molecule has 0 saturated heterocycles. The fourth-order valence-electron chi connectivity index (χ4n) is 4.22. The molecule has 220 valence electrons. The smallest absolute Gasteiger partial charge is 0.403 e. The van der Waals surface area contributed by atoms with Crippen molar-refractivity contribution in [2.75, 3.05) is 37.0 Å². The molecule has 0 aliphatic carbocycles. The third kappa shape index (κ3) is 8.08. The predicted octanol–water partition coefficient (Wildman–Crippen LogP) is -1.78. The van der Waals surface area contributed by atoms with Gasteiger partial charge in [-0.1, -0.05) is 10.2 Å². The number of anilines is 2. The van der Waals surface area contributed by atoms with Crippen LogP contribution in [0.2, 0.25) is 0 Å². The molecule has 4 rings (SSSR count). The minimum Gasteiger partial charge on any atom is -1.00 e.